The molecule has 2 heterocycles. The number of ketones is 1. The number of nitrogens with one attached hydrogen (secondary N) is 3. The van der Waals surface area contributed by atoms with Crippen molar-refractivity contribution in [1.29, 1.82) is 0 Å². The second-order valence-electron chi connectivity index (χ2n) is 7.56. The second kappa shape index (κ2) is 8.49. The molecule has 0 spiro atoms. The highest BCUT2D eigenvalue weighted by Gasteiger charge is 2.38. The maximum atomic E-state index is 12.9. The summed E-state index contributed by atoms with van der Waals surface area (Å²) in [6.45, 7) is 8.07. The Morgan fingerprint density at radius 2 is 2.12 bits per heavy atom. The van der Waals surface area contributed by atoms with Crippen molar-refractivity contribution in [2.24, 2.45) is 5.41 Å². The van der Waals surface area contributed by atoms with Crippen molar-refractivity contribution in [2.45, 2.75) is 65.1 Å². The van der Waals surface area contributed by atoms with Gasteiger partial charge in [0.15, 0.2) is 5.78 Å². The monoisotopic (exact) mass is 363 g/mol. The van der Waals surface area contributed by atoms with Crippen molar-refractivity contribution in [3.63, 3.8) is 0 Å². The van der Waals surface area contributed by atoms with Gasteiger partial charge in [0.25, 0.3) is 5.91 Å². The molecule has 0 aromatic carbocycles. The predicted octanol–water partition coefficient (Wildman–Crippen LogP) is 1.80. The molecule has 3 N–H and O–H groups in total. The Kier molecular flexibility index (Phi) is 6.58. The minimum Gasteiger partial charge on any atom is -0.368 e. The Hall–Kier alpha value is -2.15. The standard InChI is InChI=1S/C19H29N3O4/c1-5-15-16(14(23)11-26-15)22-18(25)13(9-19(3,4)6-2)21-17(24)12-7-8-20-10-12/h7-8,10,13,15-16,20H,5-6,9,11H2,1-4H3,(H,21,24)(H,22,25). The molecule has 0 saturated carbocycles. The molecule has 2 rings (SSSR count). The molecule has 26 heavy (non-hydrogen) atoms. The van der Waals surface area contributed by atoms with Crippen LogP contribution in [0.15, 0.2) is 18.5 Å². The Bertz CT molecular complexity index is 639. The third-order valence-electron chi connectivity index (χ3n) is 5.05. The Balaban J connectivity index is 2.12. The summed E-state index contributed by atoms with van der Waals surface area (Å²) in [7, 11) is 0. The summed E-state index contributed by atoms with van der Waals surface area (Å²) in [5, 5.41) is 5.60. The molecule has 7 heteroatoms. The lowest BCUT2D eigenvalue weighted by molar-refractivity contribution is -0.128. The van der Waals surface area contributed by atoms with Gasteiger partial charge in [0.1, 0.15) is 18.7 Å². The van der Waals surface area contributed by atoms with Gasteiger partial charge in [0.2, 0.25) is 5.91 Å². The van der Waals surface area contributed by atoms with Gasteiger partial charge in [-0.1, -0.05) is 34.1 Å². The van der Waals surface area contributed by atoms with E-state index in [1.807, 2.05) is 13.8 Å². The van der Waals surface area contributed by atoms with Gasteiger partial charge in [0, 0.05) is 12.4 Å². The lowest BCUT2D eigenvalue weighted by Crippen LogP contribution is -2.54. The van der Waals surface area contributed by atoms with E-state index in [2.05, 4.69) is 29.5 Å². The third kappa shape index (κ3) is 4.94. The summed E-state index contributed by atoms with van der Waals surface area (Å²) in [6, 6.07) is 0.277. The molecule has 0 radical (unpaired) electrons. The zero-order valence-corrected chi connectivity index (χ0v) is 15.9. The quantitative estimate of drug-likeness (QED) is 0.656. The molecule has 144 valence electrons. The van der Waals surface area contributed by atoms with E-state index in [9.17, 15) is 14.4 Å². The van der Waals surface area contributed by atoms with E-state index >= 15 is 0 Å². The Labute approximate surface area is 154 Å². The van der Waals surface area contributed by atoms with Gasteiger partial charge in [-0.05, 0) is 24.3 Å². The molecule has 0 aliphatic carbocycles. The molecule has 7 nitrogen and oxygen atoms in total. The number of rotatable bonds is 8. The van der Waals surface area contributed by atoms with E-state index in [1.165, 1.54) is 0 Å². The van der Waals surface area contributed by atoms with Crippen molar-refractivity contribution >= 4 is 17.6 Å². The van der Waals surface area contributed by atoms with Crippen LogP contribution in [0.25, 0.3) is 0 Å². The van der Waals surface area contributed by atoms with Crippen LogP contribution in [-0.2, 0) is 14.3 Å². The van der Waals surface area contributed by atoms with Crippen LogP contribution in [0, 0.1) is 5.41 Å². The van der Waals surface area contributed by atoms with Crippen LogP contribution in [0.2, 0.25) is 0 Å². The molecule has 2 amide bonds. The van der Waals surface area contributed by atoms with Gasteiger partial charge >= 0.3 is 0 Å². The summed E-state index contributed by atoms with van der Waals surface area (Å²) in [5.74, 6) is -0.798. The smallest absolute Gasteiger partial charge is 0.253 e. The van der Waals surface area contributed by atoms with Gasteiger partial charge < -0.3 is 20.4 Å². The summed E-state index contributed by atoms with van der Waals surface area (Å²) >= 11 is 0. The first-order chi connectivity index (χ1) is 12.3. The van der Waals surface area contributed by atoms with Gasteiger partial charge in [-0.2, -0.15) is 0 Å². The first-order valence-corrected chi connectivity index (χ1v) is 9.15. The van der Waals surface area contributed by atoms with Crippen LogP contribution in [0.1, 0.15) is 57.3 Å². The number of carbonyl (C=O) groups is 3. The molecule has 0 bridgehead atoms. The van der Waals surface area contributed by atoms with Gasteiger partial charge in [-0.15, -0.1) is 0 Å². The molecule has 1 aromatic rings. The molecule has 1 aliphatic rings. The van der Waals surface area contributed by atoms with Crippen molar-refractivity contribution < 1.29 is 19.1 Å². The second-order valence-corrected chi connectivity index (χ2v) is 7.56. The molecule has 3 unspecified atom stereocenters. The number of hydrogen-bond acceptors (Lipinski definition) is 4. The Morgan fingerprint density at radius 3 is 2.69 bits per heavy atom. The van der Waals surface area contributed by atoms with Gasteiger partial charge in [-0.3, -0.25) is 14.4 Å². The molecule has 1 fully saturated rings. The van der Waals surface area contributed by atoms with Crippen molar-refractivity contribution in [2.75, 3.05) is 6.61 Å². The van der Waals surface area contributed by atoms with E-state index in [0.29, 0.717) is 18.4 Å². The van der Waals surface area contributed by atoms with E-state index in [-0.39, 0.29) is 35.7 Å². The summed E-state index contributed by atoms with van der Waals surface area (Å²) < 4.78 is 5.41. The highest BCUT2D eigenvalue weighted by Crippen LogP contribution is 2.26. The minimum absolute atomic E-state index is 0.0181. The van der Waals surface area contributed by atoms with Crippen LogP contribution < -0.4 is 10.6 Å². The van der Waals surface area contributed by atoms with Crippen LogP contribution in [-0.4, -0.2) is 47.4 Å². The fourth-order valence-corrected chi connectivity index (χ4v) is 2.98. The lowest BCUT2D eigenvalue weighted by atomic mass is 9.83. The number of H-pyrrole nitrogens is 1. The maximum absolute atomic E-state index is 12.9. The fraction of sp³-hybridized carbons (Fsp3) is 0.632. The van der Waals surface area contributed by atoms with Gasteiger partial charge in [-0.25, -0.2) is 0 Å². The average Bonchev–Trinajstić information content (AvgIpc) is 3.25. The molecule has 3 atom stereocenters. The molecule has 1 aromatic heterocycles. The van der Waals surface area contributed by atoms with E-state index in [0.717, 1.165) is 6.42 Å². The fourth-order valence-electron chi connectivity index (χ4n) is 2.98. The van der Waals surface area contributed by atoms with Crippen molar-refractivity contribution in [3.05, 3.63) is 24.0 Å². The number of ether oxygens (including phenoxy) is 1. The van der Waals surface area contributed by atoms with Crippen molar-refractivity contribution in [3.8, 4) is 0 Å². The minimum atomic E-state index is -0.724. The van der Waals surface area contributed by atoms with E-state index in [4.69, 9.17) is 4.74 Å². The SMILES string of the molecule is CCC1OCC(=O)C1NC(=O)C(CC(C)(C)CC)NC(=O)c1cc[nH]c1. The average molecular weight is 363 g/mol. The summed E-state index contributed by atoms with van der Waals surface area (Å²) in [5.41, 5.74) is 0.331. The first-order valence-electron chi connectivity index (χ1n) is 9.15. The number of Topliss-reactive ketones (excluding diaryl/α,β-unsaturated/α-hetero) is 1. The summed E-state index contributed by atoms with van der Waals surface area (Å²) in [4.78, 5) is 40.1. The number of hydrogen-bond donors (Lipinski definition) is 3. The van der Waals surface area contributed by atoms with Crippen LogP contribution in [0.5, 0.6) is 0 Å². The Morgan fingerprint density at radius 1 is 1.38 bits per heavy atom. The van der Waals surface area contributed by atoms with Crippen LogP contribution >= 0.6 is 0 Å². The number of amides is 2. The number of carbonyl (C=O) groups excluding carboxylic acids is 3. The lowest BCUT2D eigenvalue weighted by Gasteiger charge is -2.29. The van der Waals surface area contributed by atoms with E-state index in [1.54, 1.807) is 18.5 Å². The molecular formula is C19H29N3O4. The topological polar surface area (TPSA) is 100 Å². The summed E-state index contributed by atoms with van der Waals surface area (Å²) in [6.07, 6.45) is 4.89. The van der Waals surface area contributed by atoms with E-state index < -0.39 is 12.1 Å². The molecule has 1 saturated heterocycles. The molecular weight excluding hydrogens is 334 g/mol. The number of aromatic nitrogens is 1. The zero-order valence-electron chi connectivity index (χ0n) is 15.9. The highest BCUT2D eigenvalue weighted by molar-refractivity contribution is 5.98. The predicted molar refractivity (Wildman–Crippen MR) is 97.7 cm³/mol. The van der Waals surface area contributed by atoms with Crippen LogP contribution in [0.4, 0.5) is 0 Å². The normalized spacial score (nSPS) is 21.5. The molecule has 1 aliphatic heterocycles. The zero-order chi connectivity index (χ0) is 19.3. The van der Waals surface area contributed by atoms with Crippen molar-refractivity contribution in [1.82, 2.24) is 15.6 Å². The highest BCUT2D eigenvalue weighted by atomic mass is 16.5. The van der Waals surface area contributed by atoms with Gasteiger partial charge in [0.05, 0.1) is 11.7 Å². The largest absolute Gasteiger partial charge is 0.368 e. The third-order valence-corrected chi connectivity index (χ3v) is 5.05. The first kappa shape index (κ1) is 20.2. The maximum Gasteiger partial charge on any atom is 0.253 e. The van der Waals surface area contributed by atoms with Crippen LogP contribution in [0.3, 0.4) is 0 Å². The number of aromatic amines is 1.